The van der Waals surface area contributed by atoms with E-state index in [1.165, 1.54) is 10.5 Å². The van der Waals surface area contributed by atoms with Crippen LogP contribution < -0.4 is 15.4 Å². The number of hydrogen-bond acceptors (Lipinski definition) is 3. The van der Waals surface area contributed by atoms with Gasteiger partial charge in [0.15, 0.2) is 0 Å². The van der Waals surface area contributed by atoms with Crippen molar-refractivity contribution in [2.24, 2.45) is 0 Å². The van der Waals surface area contributed by atoms with Gasteiger partial charge in [-0.25, -0.2) is 4.79 Å². The summed E-state index contributed by atoms with van der Waals surface area (Å²) in [6, 6.07) is 3.94. The summed E-state index contributed by atoms with van der Waals surface area (Å²) < 4.78 is 5.79. The smallest absolute Gasteiger partial charge is 0.317 e. The van der Waals surface area contributed by atoms with Crippen molar-refractivity contribution in [3.63, 3.8) is 0 Å². The van der Waals surface area contributed by atoms with Gasteiger partial charge < -0.3 is 20.3 Å². The number of urea groups is 1. The number of aryl methyl sites for hydroxylation is 3. The van der Waals surface area contributed by atoms with Gasteiger partial charge in [0, 0.05) is 13.1 Å². The summed E-state index contributed by atoms with van der Waals surface area (Å²) in [5, 5.41) is 5.55. The summed E-state index contributed by atoms with van der Waals surface area (Å²) in [5.74, 6) is 0.763. The highest BCUT2D eigenvalue weighted by molar-refractivity contribution is 5.84. The van der Waals surface area contributed by atoms with Crippen LogP contribution in [0.15, 0.2) is 12.1 Å². The Morgan fingerprint density at radius 3 is 2.70 bits per heavy atom. The van der Waals surface area contributed by atoms with Crippen molar-refractivity contribution in [3.05, 3.63) is 28.8 Å². The number of rotatable bonds is 4. The first-order chi connectivity index (χ1) is 11.0. The van der Waals surface area contributed by atoms with Crippen molar-refractivity contribution >= 4 is 11.9 Å². The van der Waals surface area contributed by atoms with E-state index in [0.717, 1.165) is 23.3 Å². The van der Waals surface area contributed by atoms with Crippen LogP contribution in [0.2, 0.25) is 0 Å². The van der Waals surface area contributed by atoms with Gasteiger partial charge in [0.2, 0.25) is 5.91 Å². The number of nitrogens with one attached hydrogen (secondary N) is 2. The number of amides is 3. The van der Waals surface area contributed by atoms with Gasteiger partial charge in [0.1, 0.15) is 18.9 Å². The van der Waals surface area contributed by atoms with Gasteiger partial charge in [-0.1, -0.05) is 17.7 Å². The molecule has 1 fully saturated rings. The van der Waals surface area contributed by atoms with Gasteiger partial charge in [-0.05, 0) is 38.3 Å². The standard InChI is InChI=1S/C17H25N3O3/c1-12-9-13(2)16(14(3)10-12)23-8-6-19-17(22)20-7-4-5-18-15(21)11-20/h9-10H,4-8,11H2,1-3H3,(H,18,21)(H,19,22). The summed E-state index contributed by atoms with van der Waals surface area (Å²) in [6.45, 7) is 8.22. The van der Waals surface area contributed by atoms with E-state index in [1.54, 1.807) is 0 Å². The Bertz CT molecular complexity index is 563. The fourth-order valence-electron chi connectivity index (χ4n) is 2.80. The Morgan fingerprint density at radius 2 is 2.00 bits per heavy atom. The Balaban J connectivity index is 1.79. The molecule has 0 aromatic heterocycles. The number of nitrogens with zero attached hydrogens (tertiary/aromatic N) is 1. The van der Waals surface area contributed by atoms with Crippen molar-refractivity contribution in [3.8, 4) is 5.75 Å². The van der Waals surface area contributed by atoms with E-state index in [0.29, 0.717) is 26.2 Å². The van der Waals surface area contributed by atoms with Crippen LogP contribution in [0.3, 0.4) is 0 Å². The van der Waals surface area contributed by atoms with Gasteiger partial charge in [-0.2, -0.15) is 0 Å². The van der Waals surface area contributed by atoms with Crippen molar-refractivity contribution < 1.29 is 14.3 Å². The van der Waals surface area contributed by atoms with Gasteiger partial charge in [0.05, 0.1) is 6.54 Å². The molecule has 1 heterocycles. The van der Waals surface area contributed by atoms with Crippen LogP contribution >= 0.6 is 0 Å². The molecular formula is C17H25N3O3. The Morgan fingerprint density at radius 1 is 1.30 bits per heavy atom. The summed E-state index contributed by atoms with van der Waals surface area (Å²) >= 11 is 0. The second kappa shape index (κ2) is 7.85. The Hall–Kier alpha value is -2.24. The van der Waals surface area contributed by atoms with Crippen LogP contribution in [0, 0.1) is 20.8 Å². The molecule has 1 aromatic rings. The lowest BCUT2D eigenvalue weighted by Gasteiger charge is -2.20. The third kappa shape index (κ3) is 4.87. The quantitative estimate of drug-likeness (QED) is 0.827. The number of carbonyl (C=O) groups excluding carboxylic acids is 2. The Kier molecular flexibility index (Phi) is 5.84. The van der Waals surface area contributed by atoms with Gasteiger partial charge in [-0.3, -0.25) is 4.79 Å². The van der Waals surface area contributed by atoms with Crippen molar-refractivity contribution in [1.29, 1.82) is 0 Å². The van der Waals surface area contributed by atoms with Crippen molar-refractivity contribution in [2.75, 3.05) is 32.8 Å². The highest BCUT2D eigenvalue weighted by Gasteiger charge is 2.19. The van der Waals surface area contributed by atoms with Gasteiger partial charge in [-0.15, -0.1) is 0 Å². The first-order valence-corrected chi connectivity index (χ1v) is 7.97. The van der Waals surface area contributed by atoms with Gasteiger partial charge in [0.25, 0.3) is 0 Å². The first kappa shape index (κ1) is 17.1. The monoisotopic (exact) mass is 319 g/mol. The van der Waals surface area contributed by atoms with Crippen LogP contribution in [0.4, 0.5) is 4.79 Å². The molecule has 3 amide bonds. The highest BCUT2D eigenvalue weighted by atomic mass is 16.5. The van der Waals surface area contributed by atoms with E-state index in [2.05, 4.69) is 29.7 Å². The topological polar surface area (TPSA) is 70.7 Å². The second-order valence-corrected chi connectivity index (χ2v) is 5.93. The molecule has 0 saturated carbocycles. The van der Waals surface area contributed by atoms with E-state index < -0.39 is 0 Å². The zero-order valence-corrected chi connectivity index (χ0v) is 14.1. The van der Waals surface area contributed by atoms with Crippen LogP contribution in [0.5, 0.6) is 5.75 Å². The van der Waals surface area contributed by atoms with E-state index >= 15 is 0 Å². The molecule has 0 aliphatic carbocycles. The molecule has 1 aromatic carbocycles. The Labute approximate surface area is 137 Å². The molecule has 1 aliphatic rings. The minimum Gasteiger partial charge on any atom is -0.491 e. The molecule has 126 valence electrons. The lowest BCUT2D eigenvalue weighted by atomic mass is 10.1. The predicted molar refractivity (Wildman–Crippen MR) is 88.7 cm³/mol. The summed E-state index contributed by atoms with van der Waals surface area (Å²) in [7, 11) is 0. The van der Waals surface area contributed by atoms with Crippen molar-refractivity contribution in [1.82, 2.24) is 15.5 Å². The highest BCUT2D eigenvalue weighted by Crippen LogP contribution is 2.24. The molecule has 0 unspecified atom stereocenters. The lowest BCUT2D eigenvalue weighted by Crippen LogP contribution is -2.44. The fraction of sp³-hybridized carbons (Fsp3) is 0.529. The molecule has 0 atom stereocenters. The zero-order valence-electron chi connectivity index (χ0n) is 14.1. The number of hydrogen-bond donors (Lipinski definition) is 2. The third-order valence-electron chi connectivity index (χ3n) is 3.78. The third-order valence-corrected chi connectivity index (χ3v) is 3.78. The number of carbonyl (C=O) groups is 2. The maximum absolute atomic E-state index is 12.1. The molecular weight excluding hydrogens is 294 g/mol. The second-order valence-electron chi connectivity index (χ2n) is 5.93. The van der Waals surface area contributed by atoms with Crippen LogP contribution in [-0.4, -0.2) is 49.6 Å². The molecule has 23 heavy (non-hydrogen) atoms. The van der Waals surface area contributed by atoms with E-state index in [9.17, 15) is 9.59 Å². The minimum absolute atomic E-state index is 0.111. The fourth-order valence-corrected chi connectivity index (χ4v) is 2.80. The molecule has 6 nitrogen and oxygen atoms in total. The van der Waals surface area contributed by atoms with Crippen LogP contribution in [0.25, 0.3) is 0 Å². The molecule has 6 heteroatoms. The SMILES string of the molecule is Cc1cc(C)c(OCCNC(=O)N2CCCNC(=O)C2)c(C)c1. The molecule has 0 bridgehead atoms. The maximum Gasteiger partial charge on any atom is 0.317 e. The van der Waals surface area contributed by atoms with E-state index in [-0.39, 0.29) is 18.5 Å². The van der Waals surface area contributed by atoms with Gasteiger partial charge >= 0.3 is 6.03 Å². The van der Waals surface area contributed by atoms with Crippen LogP contribution in [0.1, 0.15) is 23.1 Å². The summed E-state index contributed by atoms with van der Waals surface area (Å²) in [5.41, 5.74) is 3.40. The normalized spacial score (nSPS) is 14.9. The molecule has 2 rings (SSSR count). The number of ether oxygens (including phenoxy) is 1. The largest absolute Gasteiger partial charge is 0.491 e. The van der Waals surface area contributed by atoms with E-state index in [1.807, 2.05) is 13.8 Å². The molecule has 2 N–H and O–H groups in total. The molecule has 0 spiro atoms. The first-order valence-electron chi connectivity index (χ1n) is 7.97. The lowest BCUT2D eigenvalue weighted by molar-refractivity contribution is -0.121. The van der Waals surface area contributed by atoms with Crippen molar-refractivity contribution in [2.45, 2.75) is 27.2 Å². The summed E-state index contributed by atoms with van der Waals surface area (Å²) in [4.78, 5) is 25.1. The number of benzene rings is 1. The predicted octanol–water partition coefficient (Wildman–Crippen LogP) is 1.52. The van der Waals surface area contributed by atoms with E-state index in [4.69, 9.17) is 4.74 Å². The zero-order chi connectivity index (χ0) is 16.8. The average molecular weight is 319 g/mol. The van der Waals surface area contributed by atoms with Crippen LogP contribution in [-0.2, 0) is 4.79 Å². The summed E-state index contributed by atoms with van der Waals surface area (Å²) in [6.07, 6.45) is 0.775. The molecule has 1 saturated heterocycles. The maximum atomic E-state index is 12.1. The molecule has 1 aliphatic heterocycles. The molecule has 0 radical (unpaired) electrons. The average Bonchev–Trinajstić information content (AvgIpc) is 2.70. The minimum atomic E-state index is -0.219.